The van der Waals surface area contributed by atoms with Gasteiger partial charge in [0.25, 0.3) is 0 Å². The first kappa shape index (κ1) is 12.8. The van der Waals surface area contributed by atoms with Crippen LogP contribution in [-0.2, 0) is 0 Å². The van der Waals surface area contributed by atoms with Crippen LogP contribution in [0.5, 0.6) is 0 Å². The highest BCUT2D eigenvalue weighted by molar-refractivity contribution is 6.02. The highest BCUT2D eigenvalue weighted by Crippen LogP contribution is 2.36. The molecule has 1 nitrogen and oxygen atoms in total. The van der Waals surface area contributed by atoms with Crippen LogP contribution in [0.15, 0.2) is 66.7 Å². The molecule has 3 aliphatic carbocycles. The predicted octanol–water partition coefficient (Wildman–Crippen LogP) is 5.17. The fourth-order valence-corrected chi connectivity index (χ4v) is 3.06. The van der Waals surface area contributed by atoms with Crippen LogP contribution >= 0.6 is 0 Å². The topological polar surface area (TPSA) is 17.1 Å². The molecule has 4 rings (SSSR count). The number of carbonyl (C=O) groups is 1. The van der Waals surface area contributed by atoms with E-state index in [2.05, 4.69) is 48.6 Å². The Kier molecular flexibility index (Phi) is 2.97. The van der Waals surface area contributed by atoms with Gasteiger partial charge in [0.15, 0.2) is 6.29 Å². The number of benzene rings is 1. The fraction of sp³-hybridized carbons (Fsp3) is 0. The molecule has 104 valence electrons. The Morgan fingerprint density at radius 3 is 2.18 bits per heavy atom. The van der Waals surface area contributed by atoms with E-state index in [-0.39, 0.29) is 0 Å². The van der Waals surface area contributed by atoms with Crippen molar-refractivity contribution in [1.82, 2.24) is 0 Å². The van der Waals surface area contributed by atoms with E-state index < -0.39 is 0 Å². The van der Waals surface area contributed by atoms with Gasteiger partial charge in [-0.3, -0.25) is 4.79 Å². The summed E-state index contributed by atoms with van der Waals surface area (Å²) in [4.78, 5) is 11.3. The third-order valence-corrected chi connectivity index (χ3v) is 4.12. The van der Waals surface area contributed by atoms with Crippen LogP contribution in [0.25, 0.3) is 28.9 Å². The maximum absolute atomic E-state index is 11.3. The van der Waals surface area contributed by atoms with E-state index in [0.29, 0.717) is 0 Å². The summed E-state index contributed by atoms with van der Waals surface area (Å²) in [6, 6.07) is 20.4. The molecule has 0 saturated carbocycles. The molecule has 1 aromatic rings. The average Bonchev–Trinajstić information content (AvgIpc) is 3.00. The van der Waals surface area contributed by atoms with Crippen molar-refractivity contribution in [3.8, 4) is 11.1 Å². The summed E-state index contributed by atoms with van der Waals surface area (Å²) in [5.74, 6) is 0. The Morgan fingerprint density at radius 2 is 1.36 bits per heavy atom. The van der Waals surface area contributed by atoms with E-state index >= 15 is 0 Å². The van der Waals surface area contributed by atoms with Gasteiger partial charge in [0.1, 0.15) is 0 Å². The molecule has 0 saturated heterocycles. The first-order valence-corrected chi connectivity index (χ1v) is 7.33. The lowest BCUT2D eigenvalue weighted by Gasteiger charge is -2.01. The van der Waals surface area contributed by atoms with Crippen LogP contribution in [0.2, 0.25) is 0 Å². The Bertz CT molecular complexity index is 899. The number of hydrogen-bond acceptors (Lipinski definition) is 1. The maximum Gasteiger partial charge on any atom is 0.150 e. The molecule has 0 amide bonds. The van der Waals surface area contributed by atoms with Crippen LogP contribution < -0.4 is 0 Å². The van der Waals surface area contributed by atoms with E-state index in [0.717, 1.165) is 28.5 Å². The highest BCUT2D eigenvalue weighted by atomic mass is 16.1. The third-order valence-electron chi connectivity index (χ3n) is 4.12. The minimum absolute atomic E-state index is 0.744. The first-order valence-electron chi connectivity index (χ1n) is 7.33. The first-order chi connectivity index (χ1) is 10.9. The summed E-state index contributed by atoms with van der Waals surface area (Å²) in [6.07, 6.45) is 7.36. The maximum atomic E-state index is 11.3. The van der Waals surface area contributed by atoms with Crippen LogP contribution in [0.1, 0.15) is 27.0 Å². The largest absolute Gasteiger partial charge is 0.298 e. The van der Waals surface area contributed by atoms with Gasteiger partial charge in [-0.05, 0) is 45.5 Å². The number of rotatable bonds is 2. The highest BCUT2D eigenvalue weighted by Gasteiger charge is 2.15. The summed E-state index contributed by atoms with van der Waals surface area (Å²) < 4.78 is 0. The van der Waals surface area contributed by atoms with Gasteiger partial charge in [0, 0.05) is 5.56 Å². The van der Waals surface area contributed by atoms with Gasteiger partial charge in [-0.2, -0.15) is 0 Å². The lowest BCUT2D eigenvalue weighted by atomic mass is 10.0. The molecular formula is C21H14O. The standard InChI is InChI=1S/C21H14O/c22-14-18-13-17(20-8-2-1-3-9-21(18)20)12-16-11-10-15-6-4-5-7-19(15)16/h1-14H/b16-12-. The minimum Gasteiger partial charge on any atom is -0.298 e. The summed E-state index contributed by atoms with van der Waals surface area (Å²) in [5, 5.41) is 0. The van der Waals surface area contributed by atoms with Crippen molar-refractivity contribution < 1.29 is 4.79 Å². The van der Waals surface area contributed by atoms with E-state index in [4.69, 9.17) is 0 Å². The quantitative estimate of drug-likeness (QED) is 0.592. The SMILES string of the molecule is O=Cc1cc(/C=C2/C=Cc3ccccc32)c2cccccc1-2. The Hall–Kier alpha value is -2.93. The number of allylic oxidation sites excluding steroid dienone is 2. The molecule has 0 aromatic heterocycles. The van der Waals surface area contributed by atoms with E-state index in [1.807, 2.05) is 30.3 Å². The van der Waals surface area contributed by atoms with Crippen molar-refractivity contribution in [2.45, 2.75) is 0 Å². The normalized spacial score (nSPS) is 14.5. The summed E-state index contributed by atoms with van der Waals surface area (Å²) in [7, 11) is 0. The molecular weight excluding hydrogens is 268 g/mol. The monoisotopic (exact) mass is 282 g/mol. The van der Waals surface area contributed by atoms with Gasteiger partial charge >= 0.3 is 0 Å². The molecule has 0 atom stereocenters. The zero-order valence-corrected chi connectivity index (χ0v) is 12.0. The van der Waals surface area contributed by atoms with Crippen molar-refractivity contribution in [2.75, 3.05) is 0 Å². The van der Waals surface area contributed by atoms with E-state index in [1.165, 1.54) is 16.7 Å². The number of hydrogen-bond donors (Lipinski definition) is 0. The van der Waals surface area contributed by atoms with Gasteiger partial charge < -0.3 is 0 Å². The van der Waals surface area contributed by atoms with Gasteiger partial charge in [-0.15, -0.1) is 0 Å². The summed E-state index contributed by atoms with van der Waals surface area (Å²) >= 11 is 0. The number of aldehydes is 1. The molecule has 1 aromatic carbocycles. The van der Waals surface area contributed by atoms with Crippen LogP contribution in [0, 0.1) is 0 Å². The summed E-state index contributed by atoms with van der Waals surface area (Å²) in [6.45, 7) is 0. The Labute approximate surface area is 129 Å². The number of fused-ring (bicyclic) bond motifs is 2. The van der Waals surface area contributed by atoms with Crippen LogP contribution in [0.4, 0.5) is 0 Å². The second-order valence-electron chi connectivity index (χ2n) is 5.43. The van der Waals surface area contributed by atoms with Gasteiger partial charge in [0.05, 0.1) is 0 Å². The summed E-state index contributed by atoms with van der Waals surface area (Å²) in [5.41, 5.74) is 7.61. The van der Waals surface area contributed by atoms with Crippen LogP contribution in [-0.4, -0.2) is 6.29 Å². The molecule has 0 N–H and O–H groups in total. The molecule has 0 aliphatic heterocycles. The average molecular weight is 282 g/mol. The van der Waals surface area contributed by atoms with Gasteiger partial charge in [-0.25, -0.2) is 0 Å². The predicted molar refractivity (Wildman–Crippen MR) is 91.8 cm³/mol. The minimum atomic E-state index is 0.744. The van der Waals surface area contributed by atoms with Gasteiger partial charge in [0.2, 0.25) is 0 Å². The van der Waals surface area contributed by atoms with Gasteiger partial charge in [-0.1, -0.05) is 66.7 Å². The molecule has 0 heterocycles. The Morgan fingerprint density at radius 1 is 0.682 bits per heavy atom. The molecule has 1 heteroatoms. The lowest BCUT2D eigenvalue weighted by Crippen LogP contribution is -1.80. The van der Waals surface area contributed by atoms with E-state index in [1.54, 1.807) is 0 Å². The van der Waals surface area contributed by atoms with Crippen molar-refractivity contribution >= 4 is 24.0 Å². The number of carbonyl (C=O) groups excluding carboxylic acids is 1. The van der Waals surface area contributed by atoms with Crippen molar-refractivity contribution in [3.05, 3.63) is 89.0 Å². The lowest BCUT2D eigenvalue weighted by molar-refractivity contribution is 0.112. The zero-order chi connectivity index (χ0) is 14.9. The van der Waals surface area contributed by atoms with Crippen molar-refractivity contribution in [3.63, 3.8) is 0 Å². The van der Waals surface area contributed by atoms with Crippen molar-refractivity contribution in [1.29, 1.82) is 0 Å². The molecule has 3 aliphatic rings. The molecule has 0 fully saturated rings. The zero-order valence-electron chi connectivity index (χ0n) is 12.0. The molecule has 0 radical (unpaired) electrons. The molecule has 22 heavy (non-hydrogen) atoms. The smallest absolute Gasteiger partial charge is 0.150 e. The second kappa shape index (κ2) is 5.12. The fourth-order valence-electron chi connectivity index (χ4n) is 3.06. The molecule has 0 spiro atoms. The van der Waals surface area contributed by atoms with E-state index in [9.17, 15) is 4.79 Å². The second-order valence-corrected chi connectivity index (χ2v) is 5.43. The van der Waals surface area contributed by atoms with Crippen LogP contribution in [0.3, 0.4) is 0 Å². The molecule has 0 unspecified atom stereocenters. The third kappa shape index (κ3) is 1.99. The molecule has 0 bridgehead atoms. The Balaban J connectivity index is 1.89. The van der Waals surface area contributed by atoms with Crippen molar-refractivity contribution in [2.24, 2.45) is 0 Å².